The van der Waals surface area contributed by atoms with Crippen molar-refractivity contribution in [1.82, 2.24) is 0 Å². The Labute approximate surface area is 123 Å². The zero-order valence-corrected chi connectivity index (χ0v) is 10.6. The molecule has 0 aromatic rings. The van der Waals surface area contributed by atoms with Crippen LogP contribution >= 0.6 is 0 Å². The molecule has 0 aromatic heterocycles. The van der Waals surface area contributed by atoms with Crippen LogP contribution in [-0.4, -0.2) is 41.7 Å². The Hall–Kier alpha value is -1.70. The van der Waals surface area contributed by atoms with Gasteiger partial charge in [-0.1, -0.05) is 6.58 Å². The van der Waals surface area contributed by atoms with Crippen LogP contribution in [0.5, 0.6) is 0 Å². The monoisotopic (exact) mass is 389 g/mol. The molecule has 0 radical (unpaired) electrons. The van der Waals surface area contributed by atoms with Crippen molar-refractivity contribution in [2.75, 3.05) is 0 Å². The average molecular weight is 389 g/mol. The minimum absolute atomic E-state index is 1.81. The van der Waals surface area contributed by atoms with E-state index in [0.29, 0.717) is 0 Å². The highest BCUT2D eigenvalue weighted by atomic mass is 19.4. The van der Waals surface area contributed by atoms with Gasteiger partial charge in [0.15, 0.2) is 0 Å². The molecule has 0 spiro atoms. The van der Waals surface area contributed by atoms with Crippen molar-refractivity contribution in [3.05, 3.63) is 12.2 Å². The summed E-state index contributed by atoms with van der Waals surface area (Å²) in [4.78, 5) is 10.3. The molecule has 0 aliphatic heterocycles. The van der Waals surface area contributed by atoms with Crippen LogP contribution in [0.4, 0.5) is 57.1 Å². The van der Waals surface area contributed by atoms with Crippen LogP contribution in [0.2, 0.25) is 0 Å². The van der Waals surface area contributed by atoms with E-state index in [4.69, 9.17) is 0 Å². The number of carbonyl (C=O) groups is 1. The third-order valence-electron chi connectivity index (χ3n) is 2.61. The minimum Gasteiger partial charge on any atom is -0.366 e. The van der Waals surface area contributed by atoms with Gasteiger partial charge in [-0.3, -0.25) is 4.79 Å². The maximum absolute atomic E-state index is 13.1. The number of primary amides is 1. The summed E-state index contributed by atoms with van der Waals surface area (Å²) in [6.45, 7) is 1.81. The molecule has 0 heterocycles. The molecule has 1 amide bonds. The quantitative estimate of drug-likeness (QED) is 0.546. The fourth-order valence-corrected chi connectivity index (χ4v) is 1.11. The summed E-state index contributed by atoms with van der Waals surface area (Å²) < 4.78 is 164. The Morgan fingerprint density at radius 2 is 0.917 bits per heavy atom. The van der Waals surface area contributed by atoms with Gasteiger partial charge in [-0.25, -0.2) is 0 Å². The number of halogens is 13. The Morgan fingerprint density at radius 3 is 1.17 bits per heavy atom. The van der Waals surface area contributed by atoms with Crippen molar-refractivity contribution in [3.63, 3.8) is 0 Å². The first-order chi connectivity index (χ1) is 10.1. The van der Waals surface area contributed by atoms with Crippen molar-refractivity contribution < 1.29 is 61.9 Å². The Balaban J connectivity index is 6.41. The number of amides is 1. The summed E-state index contributed by atoms with van der Waals surface area (Å²) >= 11 is 0. The first-order valence-electron chi connectivity index (χ1n) is 5.05. The largest absolute Gasteiger partial charge is 0.460 e. The summed E-state index contributed by atoms with van der Waals surface area (Å²) in [6.07, 6.45) is -7.49. The molecule has 0 rings (SSSR count). The number of hydrogen-bond acceptors (Lipinski definition) is 1. The molecule has 0 atom stereocenters. The van der Waals surface area contributed by atoms with Crippen molar-refractivity contribution in [1.29, 1.82) is 0 Å². The highest BCUT2D eigenvalue weighted by Gasteiger charge is 2.91. The molecule has 142 valence electrons. The molecule has 0 fully saturated rings. The molecule has 0 bridgehead atoms. The molecule has 0 saturated heterocycles. The summed E-state index contributed by atoms with van der Waals surface area (Å²) in [6, 6.07) is 0. The summed E-state index contributed by atoms with van der Waals surface area (Å²) in [7, 11) is 0. The van der Waals surface area contributed by atoms with E-state index in [-0.39, 0.29) is 0 Å². The van der Waals surface area contributed by atoms with E-state index >= 15 is 0 Å². The van der Waals surface area contributed by atoms with Gasteiger partial charge in [0.1, 0.15) is 0 Å². The highest BCUT2D eigenvalue weighted by Crippen LogP contribution is 2.61. The Kier molecular flexibility index (Phi) is 5.02. The van der Waals surface area contributed by atoms with Crippen LogP contribution in [0.3, 0.4) is 0 Å². The van der Waals surface area contributed by atoms with Crippen molar-refractivity contribution in [2.45, 2.75) is 35.8 Å². The van der Waals surface area contributed by atoms with E-state index in [9.17, 15) is 61.9 Å². The topological polar surface area (TPSA) is 43.1 Å². The van der Waals surface area contributed by atoms with E-state index in [1.807, 2.05) is 0 Å². The molecule has 2 N–H and O–H groups in total. The summed E-state index contributed by atoms with van der Waals surface area (Å²) in [5.74, 6) is -40.7. The highest BCUT2D eigenvalue weighted by molar-refractivity contribution is 5.93. The van der Waals surface area contributed by atoms with Gasteiger partial charge in [-0.15, -0.1) is 0 Å². The van der Waals surface area contributed by atoms with Crippen molar-refractivity contribution in [2.24, 2.45) is 5.73 Å². The number of alkyl halides is 13. The predicted octanol–water partition coefficient (Wildman–Crippen LogP) is 3.77. The van der Waals surface area contributed by atoms with Gasteiger partial charge in [0.05, 0.1) is 5.57 Å². The fourth-order valence-electron chi connectivity index (χ4n) is 1.11. The maximum Gasteiger partial charge on any atom is 0.460 e. The number of nitrogens with two attached hydrogens (primary N) is 1. The van der Waals surface area contributed by atoms with Crippen LogP contribution in [0.25, 0.3) is 0 Å². The predicted molar refractivity (Wildman–Crippen MR) is 49.1 cm³/mol. The number of hydrogen-bond donors (Lipinski definition) is 1. The number of rotatable bonds is 6. The second-order valence-electron chi connectivity index (χ2n) is 4.21. The second-order valence-corrected chi connectivity index (χ2v) is 4.21. The molecule has 0 unspecified atom stereocenters. The van der Waals surface area contributed by atoms with Gasteiger partial charge >= 0.3 is 35.8 Å². The standard InChI is InChI=1S/C9H4F13NO/c1-2(3(23)24)4(10,11)5(12,13)6(14,15)7(16,17)8(18,19)9(20,21)22/h1H2,(H2,23,24). The average Bonchev–Trinajstić information content (AvgIpc) is 2.35. The molecule has 0 aromatic carbocycles. The van der Waals surface area contributed by atoms with Crippen molar-refractivity contribution >= 4 is 5.91 Å². The van der Waals surface area contributed by atoms with Crippen LogP contribution in [0.1, 0.15) is 0 Å². The van der Waals surface area contributed by atoms with Gasteiger partial charge in [0, 0.05) is 0 Å². The molecular weight excluding hydrogens is 385 g/mol. The SMILES string of the molecule is C=C(C(N)=O)C(F)(F)C(F)(F)C(F)(F)C(F)(F)C(F)(F)C(F)(F)F. The minimum atomic E-state index is -8.02. The Morgan fingerprint density at radius 1 is 0.625 bits per heavy atom. The molecule has 0 aliphatic rings. The van der Waals surface area contributed by atoms with Gasteiger partial charge in [-0.05, 0) is 0 Å². The third kappa shape index (κ3) is 2.66. The van der Waals surface area contributed by atoms with E-state index in [2.05, 4.69) is 5.73 Å². The zero-order chi connectivity index (χ0) is 20.2. The third-order valence-corrected chi connectivity index (χ3v) is 2.61. The van der Waals surface area contributed by atoms with Crippen LogP contribution in [0.15, 0.2) is 12.2 Å². The lowest BCUT2D eigenvalue weighted by molar-refractivity contribution is -0.436. The first kappa shape index (κ1) is 22.3. The number of carbonyl (C=O) groups excluding carboxylic acids is 1. The molecule has 0 aliphatic carbocycles. The van der Waals surface area contributed by atoms with Gasteiger partial charge in [-0.2, -0.15) is 57.1 Å². The fraction of sp³-hybridized carbons (Fsp3) is 0.667. The molecule has 0 saturated carbocycles. The summed E-state index contributed by atoms with van der Waals surface area (Å²) in [5.41, 5.74) is 1.10. The molecule has 2 nitrogen and oxygen atoms in total. The molecule has 24 heavy (non-hydrogen) atoms. The van der Waals surface area contributed by atoms with Gasteiger partial charge in [0.2, 0.25) is 5.91 Å². The lowest BCUT2D eigenvalue weighted by Gasteiger charge is -2.39. The van der Waals surface area contributed by atoms with E-state index in [0.717, 1.165) is 0 Å². The summed E-state index contributed by atoms with van der Waals surface area (Å²) in [5, 5.41) is 0. The van der Waals surface area contributed by atoms with Crippen LogP contribution < -0.4 is 5.73 Å². The lowest BCUT2D eigenvalue weighted by atomic mass is 9.91. The molecule has 15 heteroatoms. The molecular formula is C9H4F13NO. The van der Waals surface area contributed by atoms with E-state index in [1.54, 1.807) is 6.58 Å². The van der Waals surface area contributed by atoms with Gasteiger partial charge < -0.3 is 5.73 Å². The smallest absolute Gasteiger partial charge is 0.366 e. The second kappa shape index (κ2) is 5.40. The van der Waals surface area contributed by atoms with E-state index < -0.39 is 47.3 Å². The first-order valence-corrected chi connectivity index (χ1v) is 5.05. The van der Waals surface area contributed by atoms with Crippen LogP contribution in [-0.2, 0) is 4.79 Å². The van der Waals surface area contributed by atoms with Crippen molar-refractivity contribution in [3.8, 4) is 0 Å². The zero-order valence-electron chi connectivity index (χ0n) is 10.6. The normalized spacial score (nSPS) is 15.4. The van der Waals surface area contributed by atoms with Gasteiger partial charge in [0.25, 0.3) is 0 Å². The lowest BCUT2D eigenvalue weighted by Crippen LogP contribution is -2.70. The van der Waals surface area contributed by atoms with E-state index in [1.165, 1.54) is 0 Å². The van der Waals surface area contributed by atoms with Crippen LogP contribution in [0, 0.1) is 0 Å². The maximum atomic E-state index is 13.1. The Bertz CT molecular complexity index is 532.